The zero-order valence-corrected chi connectivity index (χ0v) is 25.5. The average Bonchev–Trinajstić information content (AvgIpc) is 3.51. The maximum absolute atomic E-state index is 13.8. The van der Waals surface area contributed by atoms with Crippen LogP contribution in [0.25, 0.3) is 0 Å². The molecule has 3 atom stereocenters. The van der Waals surface area contributed by atoms with E-state index in [-0.39, 0.29) is 49.9 Å². The summed E-state index contributed by atoms with van der Waals surface area (Å²) in [6.07, 6.45) is -0.495. The molecule has 0 radical (unpaired) electrons. The van der Waals surface area contributed by atoms with Crippen LogP contribution in [0.4, 0.5) is 26.7 Å². The summed E-state index contributed by atoms with van der Waals surface area (Å²) in [6.45, 7) is 4.08. The van der Waals surface area contributed by atoms with Gasteiger partial charge in [-0.3, -0.25) is 4.79 Å². The monoisotopic (exact) mass is 619 g/mol. The van der Waals surface area contributed by atoms with Crippen molar-refractivity contribution in [1.82, 2.24) is 9.80 Å². The third-order valence-electron chi connectivity index (χ3n) is 7.69. The van der Waals surface area contributed by atoms with Gasteiger partial charge in [-0.2, -0.15) is 0 Å². The summed E-state index contributed by atoms with van der Waals surface area (Å²) in [4.78, 5) is 42.7. The van der Waals surface area contributed by atoms with Gasteiger partial charge in [0.2, 0.25) is 6.79 Å². The van der Waals surface area contributed by atoms with Gasteiger partial charge in [-0.1, -0.05) is 6.92 Å². The lowest BCUT2D eigenvalue weighted by molar-refractivity contribution is 0.0371. The number of nitrogens with zero attached hydrogens (tertiary/aromatic N) is 2. The number of hydrogen-bond acceptors (Lipinski definition) is 8. The van der Waals surface area contributed by atoms with Gasteiger partial charge in [0.15, 0.2) is 11.5 Å². The highest BCUT2D eigenvalue weighted by Crippen LogP contribution is 2.35. The van der Waals surface area contributed by atoms with E-state index in [0.29, 0.717) is 40.1 Å². The van der Waals surface area contributed by atoms with Crippen molar-refractivity contribution in [3.05, 3.63) is 66.2 Å². The molecule has 13 nitrogen and oxygen atoms in total. The number of aliphatic hydroxyl groups is 1. The molecule has 45 heavy (non-hydrogen) atoms. The van der Waals surface area contributed by atoms with Crippen molar-refractivity contribution in [1.29, 1.82) is 0 Å². The molecule has 5 amide bonds. The molecule has 0 bridgehead atoms. The van der Waals surface area contributed by atoms with E-state index in [9.17, 15) is 19.5 Å². The molecular formula is C32H37N5O8. The van der Waals surface area contributed by atoms with E-state index in [1.165, 1.54) is 4.90 Å². The van der Waals surface area contributed by atoms with Gasteiger partial charge in [-0.15, -0.1) is 0 Å². The smallest absolute Gasteiger partial charge is 0.323 e. The molecule has 2 aliphatic rings. The number of likely N-dealkylation sites (N-methyl/N-ethyl adjacent to an activating group) is 1. The summed E-state index contributed by atoms with van der Waals surface area (Å²) in [5, 5.41) is 18.3. The van der Waals surface area contributed by atoms with Gasteiger partial charge in [0.1, 0.15) is 17.6 Å². The van der Waals surface area contributed by atoms with Crippen molar-refractivity contribution in [2.45, 2.75) is 26.0 Å². The number of anilines is 3. The zero-order valence-electron chi connectivity index (χ0n) is 25.5. The van der Waals surface area contributed by atoms with Crippen molar-refractivity contribution in [3.8, 4) is 23.0 Å². The minimum Gasteiger partial charge on any atom is -0.497 e. The maximum atomic E-state index is 13.8. The topological polar surface area (TPSA) is 151 Å². The second kappa shape index (κ2) is 13.6. The quantitative estimate of drug-likeness (QED) is 0.289. The van der Waals surface area contributed by atoms with E-state index in [2.05, 4.69) is 16.0 Å². The number of carbonyl (C=O) groups excluding carboxylic acids is 3. The SMILES string of the molecule is COc1ccc(NC(=O)N(C)C[C@H]2Oc3ccc(NC(=O)Nc4ccc5c(c4)OCO5)cc3C(=O)N([C@H](C)CO)C[C@@H]2C)cc1. The Kier molecular flexibility index (Phi) is 9.48. The average molecular weight is 620 g/mol. The molecule has 4 N–H and O–H groups in total. The number of rotatable bonds is 8. The van der Waals surface area contributed by atoms with Crippen LogP contribution in [0.1, 0.15) is 24.2 Å². The molecule has 5 rings (SSSR count). The van der Waals surface area contributed by atoms with Gasteiger partial charge in [0, 0.05) is 42.6 Å². The Labute approximate surface area is 261 Å². The number of urea groups is 2. The van der Waals surface area contributed by atoms with Gasteiger partial charge >= 0.3 is 12.1 Å². The Bertz CT molecular complexity index is 1550. The third kappa shape index (κ3) is 7.32. The lowest BCUT2D eigenvalue weighted by Crippen LogP contribution is -2.50. The molecule has 0 aliphatic carbocycles. The number of hydrogen-bond donors (Lipinski definition) is 4. The fourth-order valence-electron chi connectivity index (χ4n) is 5.03. The van der Waals surface area contributed by atoms with Gasteiger partial charge < -0.3 is 49.8 Å². The Morgan fingerprint density at radius 2 is 1.62 bits per heavy atom. The van der Waals surface area contributed by atoms with Crippen LogP contribution in [0.5, 0.6) is 23.0 Å². The predicted octanol–water partition coefficient (Wildman–Crippen LogP) is 4.45. The molecule has 0 spiro atoms. The Balaban J connectivity index is 1.32. The second-order valence-electron chi connectivity index (χ2n) is 11.0. The highest BCUT2D eigenvalue weighted by atomic mass is 16.7. The number of carbonyl (C=O) groups is 3. The van der Waals surface area contributed by atoms with Crippen LogP contribution in [0.3, 0.4) is 0 Å². The first-order valence-corrected chi connectivity index (χ1v) is 14.5. The summed E-state index contributed by atoms with van der Waals surface area (Å²) in [5.41, 5.74) is 1.70. The van der Waals surface area contributed by atoms with Gasteiger partial charge in [-0.05, 0) is 61.5 Å². The summed E-state index contributed by atoms with van der Waals surface area (Å²) in [7, 11) is 3.24. The molecule has 0 unspecified atom stereocenters. The fourth-order valence-corrected chi connectivity index (χ4v) is 5.03. The number of ether oxygens (including phenoxy) is 4. The Hall–Kier alpha value is -5.17. The fraction of sp³-hybridized carbons (Fsp3) is 0.344. The van der Waals surface area contributed by atoms with Crippen LogP contribution in [-0.4, -0.2) is 85.7 Å². The standard InChI is InChI=1S/C32H37N5O8/c1-19-15-37(20(2)17-38)30(39)25-13-22(33-31(40)34-23-8-12-27-28(14-23)44-18-43-27)7-11-26(25)45-29(19)16-36(3)32(41)35-21-5-9-24(42-4)10-6-21/h5-14,19-20,29,38H,15-18H2,1-4H3,(H,35,41)(H2,33,34,40)/t19-,20+,29+/m0/s1. The number of aliphatic hydroxyl groups excluding tert-OH is 1. The predicted molar refractivity (Wildman–Crippen MR) is 167 cm³/mol. The molecule has 3 aromatic carbocycles. The molecule has 0 fully saturated rings. The second-order valence-corrected chi connectivity index (χ2v) is 11.0. The molecule has 0 saturated heterocycles. The number of fused-ring (bicyclic) bond motifs is 2. The molecule has 13 heteroatoms. The highest BCUT2D eigenvalue weighted by Gasteiger charge is 2.34. The first-order chi connectivity index (χ1) is 21.6. The maximum Gasteiger partial charge on any atom is 0.323 e. The summed E-state index contributed by atoms with van der Waals surface area (Å²) in [6, 6.07) is 15.5. The van der Waals surface area contributed by atoms with Crippen LogP contribution in [0, 0.1) is 5.92 Å². The van der Waals surface area contributed by atoms with Crippen molar-refractivity contribution >= 4 is 35.0 Å². The van der Waals surface area contributed by atoms with Crippen LogP contribution >= 0.6 is 0 Å². The summed E-state index contributed by atoms with van der Waals surface area (Å²) < 4.78 is 22.2. The number of benzene rings is 3. The van der Waals surface area contributed by atoms with Crippen molar-refractivity contribution in [3.63, 3.8) is 0 Å². The van der Waals surface area contributed by atoms with E-state index in [1.807, 2.05) is 6.92 Å². The Morgan fingerprint density at radius 1 is 0.978 bits per heavy atom. The van der Waals surface area contributed by atoms with Crippen LogP contribution in [0.15, 0.2) is 60.7 Å². The zero-order chi connectivity index (χ0) is 32.1. The summed E-state index contributed by atoms with van der Waals surface area (Å²) in [5.74, 6) is 1.57. The van der Waals surface area contributed by atoms with Crippen LogP contribution in [-0.2, 0) is 0 Å². The van der Waals surface area contributed by atoms with Crippen LogP contribution < -0.4 is 34.9 Å². The van der Waals surface area contributed by atoms with Crippen LogP contribution in [0.2, 0.25) is 0 Å². The lowest BCUT2D eigenvalue weighted by Gasteiger charge is -2.38. The lowest BCUT2D eigenvalue weighted by atomic mass is 9.99. The molecule has 2 aliphatic heterocycles. The summed E-state index contributed by atoms with van der Waals surface area (Å²) >= 11 is 0. The van der Waals surface area contributed by atoms with Gasteiger partial charge in [-0.25, -0.2) is 9.59 Å². The van der Waals surface area contributed by atoms with E-state index in [0.717, 1.165) is 0 Å². The highest BCUT2D eigenvalue weighted by molar-refractivity contribution is 6.02. The van der Waals surface area contributed by atoms with E-state index in [1.54, 1.807) is 86.6 Å². The normalized spacial score (nSPS) is 17.6. The minimum absolute atomic E-state index is 0.120. The molecule has 0 saturated carbocycles. The van der Waals surface area contributed by atoms with Crippen molar-refractivity contribution in [2.75, 3.05) is 56.6 Å². The molecule has 2 heterocycles. The number of methoxy groups -OCH3 is 1. The van der Waals surface area contributed by atoms with E-state index < -0.39 is 18.2 Å². The minimum atomic E-state index is -0.524. The first kappa shape index (κ1) is 31.3. The van der Waals surface area contributed by atoms with Crippen molar-refractivity contribution < 1.29 is 38.4 Å². The third-order valence-corrected chi connectivity index (χ3v) is 7.69. The van der Waals surface area contributed by atoms with E-state index >= 15 is 0 Å². The number of nitrogens with one attached hydrogen (secondary N) is 3. The number of amides is 5. The largest absolute Gasteiger partial charge is 0.497 e. The molecule has 238 valence electrons. The molecular weight excluding hydrogens is 582 g/mol. The molecule has 3 aromatic rings. The van der Waals surface area contributed by atoms with E-state index in [4.69, 9.17) is 18.9 Å². The Morgan fingerprint density at radius 3 is 2.31 bits per heavy atom. The molecule has 0 aromatic heterocycles. The first-order valence-electron chi connectivity index (χ1n) is 14.5. The van der Waals surface area contributed by atoms with Gasteiger partial charge in [0.25, 0.3) is 5.91 Å². The van der Waals surface area contributed by atoms with Gasteiger partial charge in [0.05, 0.1) is 31.9 Å². The van der Waals surface area contributed by atoms with Crippen molar-refractivity contribution in [2.24, 2.45) is 5.92 Å².